The molecule has 2 aromatic heterocycles. The molecule has 1 saturated heterocycles. The van der Waals surface area contributed by atoms with Crippen LogP contribution in [0.1, 0.15) is 12.8 Å². The summed E-state index contributed by atoms with van der Waals surface area (Å²) in [6, 6.07) is 9.40. The van der Waals surface area contributed by atoms with E-state index >= 15 is 0 Å². The van der Waals surface area contributed by atoms with Gasteiger partial charge in [0.05, 0.1) is 31.5 Å². The van der Waals surface area contributed by atoms with Gasteiger partial charge >= 0.3 is 0 Å². The predicted octanol–water partition coefficient (Wildman–Crippen LogP) is 3.43. The average molecular weight is 396 g/mol. The second-order valence-corrected chi connectivity index (χ2v) is 6.88. The van der Waals surface area contributed by atoms with Crippen molar-refractivity contribution >= 4 is 5.82 Å². The third kappa shape index (κ3) is 4.02. The molecule has 8 nitrogen and oxygen atoms in total. The summed E-state index contributed by atoms with van der Waals surface area (Å²) in [4.78, 5) is 11.1. The molecule has 29 heavy (non-hydrogen) atoms. The lowest BCUT2D eigenvalue weighted by atomic mass is 10.1. The van der Waals surface area contributed by atoms with Crippen molar-refractivity contribution in [1.82, 2.24) is 15.1 Å². The van der Waals surface area contributed by atoms with Crippen LogP contribution in [0.5, 0.6) is 11.5 Å². The summed E-state index contributed by atoms with van der Waals surface area (Å²) in [6.07, 6.45) is 4.24. The number of benzene rings is 1. The third-order valence-corrected chi connectivity index (χ3v) is 4.96. The van der Waals surface area contributed by atoms with Crippen LogP contribution >= 0.6 is 0 Å². The molecule has 1 aliphatic heterocycles. The van der Waals surface area contributed by atoms with Gasteiger partial charge in [-0.15, -0.1) is 0 Å². The minimum Gasteiger partial charge on any atom is -0.493 e. The van der Waals surface area contributed by atoms with E-state index in [0.717, 1.165) is 37.4 Å². The number of rotatable bonds is 7. The van der Waals surface area contributed by atoms with Gasteiger partial charge in [-0.25, -0.2) is 4.98 Å². The van der Waals surface area contributed by atoms with Crippen molar-refractivity contribution in [2.45, 2.75) is 18.9 Å². The number of hydrogen-bond donors (Lipinski definition) is 0. The molecule has 0 saturated carbocycles. The van der Waals surface area contributed by atoms with Crippen LogP contribution < -0.4 is 14.4 Å². The van der Waals surface area contributed by atoms with Crippen LogP contribution in [0.3, 0.4) is 0 Å². The van der Waals surface area contributed by atoms with E-state index in [1.165, 1.54) is 0 Å². The van der Waals surface area contributed by atoms with E-state index in [2.05, 4.69) is 20.0 Å². The lowest BCUT2D eigenvalue weighted by Crippen LogP contribution is -2.29. The standard InChI is InChI=1S/C21H24N4O4/c1-25(13-15-6-5-11-28-15)18-10-9-14(12-22-18)21-23-20(24-29-21)16-7-4-8-17(26-2)19(16)27-3/h4,7-10,12,15H,5-6,11,13H2,1-3H3/t15-/m0/s1. The third-order valence-electron chi connectivity index (χ3n) is 4.96. The molecule has 1 aromatic carbocycles. The molecule has 1 fully saturated rings. The zero-order valence-electron chi connectivity index (χ0n) is 16.8. The molecular weight excluding hydrogens is 372 g/mol. The van der Waals surface area contributed by atoms with Crippen molar-refractivity contribution in [3.63, 3.8) is 0 Å². The van der Waals surface area contributed by atoms with Crippen molar-refractivity contribution in [2.75, 3.05) is 39.3 Å². The Labute approximate surface area is 169 Å². The second-order valence-electron chi connectivity index (χ2n) is 6.88. The fourth-order valence-corrected chi connectivity index (χ4v) is 3.44. The smallest absolute Gasteiger partial charge is 0.259 e. The van der Waals surface area contributed by atoms with Crippen molar-refractivity contribution in [1.29, 1.82) is 0 Å². The molecule has 0 N–H and O–H groups in total. The molecule has 0 spiro atoms. The van der Waals surface area contributed by atoms with Crippen molar-refractivity contribution in [3.8, 4) is 34.3 Å². The summed E-state index contributed by atoms with van der Waals surface area (Å²) < 4.78 is 21.9. The first-order chi connectivity index (χ1) is 14.2. The molecular formula is C21H24N4O4. The maximum atomic E-state index is 5.70. The molecule has 1 atom stereocenters. The van der Waals surface area contributed by atoms with Crippen molar-refractivity contribution in [3.05, 3.63) is 36.5 Å². The summed E-state index contributed by atoms with van der Waals surface area (Å²) in [5, 5.41) is 4.10. The molecule has 3 aromatic rings. The fraction of sp³-hybridized carbons (Fsp3) is 0.381. The Morgan fingerprint density at radius 1 is 1.17 bits per heavy atom. The molecule has 0 bridgehead atoms. The molecule has 0 unspecified atom stereocenters. The van der Waals surface area contributed by atoms with E-state index in [1.807, 2.05) is 37.4 Å². The Kier molecular flexibility index (Phi) is 5.62. The highest BCUT2D eigenvalue weighted by molar-refractivity contribution is 5.69. The number of methoxy groups -OCH3 is 2. The number of likely N-dealkylation sites (N-methyl/N-ethyl adjacent to an activating group) is 1. The molecule has 3 heterocycles. The van der Waals surface area contributed by atoms with Crippen LogP contribution in [-0.4, -0.2) is 55.6 Å². The monoisotopic (exact) mass is 396 g/mol. The van der Waals surface area contributed by atoms with Crippen LogP contribution in [0, 0.1) is 0 Å². The summed E-state index contributed by atoms with van der Waals surface area (Å²) in [5.74, 6) is 2.86. The Morgan fingerprint density at radius 3 is 2.76 bits per heavy atom. The zero-order valence-corrected chi connectivity index (χ0v) is 16.8. The highest BCUT2D eigenvalue weighted by Crippen LogP contribution is 2.37. The lowest BCUT2D eigenvalue weighted by Gasteiger charge is -2.21. The van der Waals surface area contributed by atoms with Crippen LogP contribution in [0.25, 0.3) is 22.8 Å². The summed E-state index contributed by atoms with van der Waals surface area (Å²) in [6.45, 7) is 1.68. The Bertz CT molecular complexity index is 952. The maximum Gasteiger partial charge on any atom is 0.259 e. The number of anilines is 1. The molecule has 4 rings (SSSR count). The minimum absolute atomic E-state index is 0.276. The molecule has 0 radical (unpaired) electrons. The van der Waals surface area contributed by atoms with Crippen molar-refractivity contribution < 1.29 is 18.7 Å². The van der Waals surface area contributed by atoms with Crippen LogP contribution in [-0.2, 0) is 4.74 Å². The number of pyridine rings is 1. The molecule has 8 heteroatoms. The van der Waals surface area contributed by atoms with Gasteiger partial charge in [-0.05, 0) is 37.1 Å². The van der Waals surface area contributed by atoms with Gasteiger partial charge in [0, 0.05) is 26.4 Å². The number of nitrogens with zero attached hydrogens (tertiary/aromatic N) is 4. The molecule has 152 valence electrons. The van der Waals surface area contributed by atoms with E-state index in [1.54, 1.807) is 20.4 Å². The predicted molar refractivity (Wildman–Crippen MR) is 108 cm³/mol. The van der Waals surface area contributed by atoms with Crippen LogP contribution in [0.2, 0.25) is 0 Å². The van der Waals surface area contributed by atoms with Crippen molar-refractivity contribution in [2.24, 2.45) is 0 Å². The highest BCUT2D eigenvalue weighted by Gasteiger charge is 2.20. The largest absolute Gasteiger partial charge is 0.493 e. The minimum atomic E-state index is 0.276. The number of aromatic nitrogens is 3. The zero-order chi connectivity index (χ0) is 20.2. The maximum absolute atomic E-state index is 5.70. The first-order valence-electron chi connectivity index (χ1n) is 9.54. The van der Waals surface area contributed by atoms with Gasteiger partial charge in [0.25, 0.3) is 5.89 Å². The van der Waals surface area contributed by atoms with Crippen LogP contribution in [0.15, 0.2) is 41.1 Å². The van der Waals surface area contributed by atoms with Gasteiger partial charge in [0.15, 0.2) is 11.5 Å². The number of ether oxygens (including phenoxy) is 3. The fourth-order valence-electron chi connectivity index (χ4n) is 3.44. The number of hydrogen-bond acceptors (Lipinski definition) is 8. The van der Waals surface area contributed by atoms with E-state index in [0.29, 0.717) is 28.8 Å². The lowest BCUT2D eigenvalue weighted by molar-refractivity contribution is 0.116. The second kappa shape index (κ2) is 8.48. The normalized spacial score (nSPS) is 16.0. The van der Waals surface area contributed by atoms with Gasteiger partial charge in [0.1, 0.15) is 5.82 Å². The average Bonchev–Trinajstić information content (AvgIpc) is 3.45. The topological polar surface area (TPSA) is 82.7 Å². The quantitative estimate of drug-likeness (QED) is 0.601. The molecule has 1 aliphatic rings. The Hall–Kier alpha value is -3.13. The molecule has 0 aliphatic carbocycles. The van der Waals surface area contributed by atoms with Gasteiger partial charge < -0.3 is 23.6 Å². The SMILES string of the molecule is COc1cccc(-c2noc(-c3ccc(N(C)C[C@@H]4CCCO4)nc3)n2)c1OC. The van der Waals surface area contributed by atoms with E-state index in [-0.39, 0.29) is 6.10 Å². The summed E-state index contributed by atoms with van der Waals surface area (Å²) in [7, 11) is 5.19. The van der Waals surface area contributed by atoms with Crippen LogP contribution in [0.4, 0.5) is 5.82 Å². The summed E-state index contributed by atoms with van der Waals surface area (Å²) in [5.41, 5.74) is 1.45. The Morgan fingerprint density at radius 2 is 2.07 bits per heavy atom. The first-order valence-corrected chi connectivity index (χ1v) is 9.54. The number of para-hydroxylation sites is 1. The van der Waals surface area contributed by atoms with E-state index < -0.39 is 0 Å². The van der Waals surface area contributed by atoms with Gasteiger partial charge in [0.2, 0.25) is 5.82 Å². The van der Waals surface area contributed by atoms with Gasteiger partial charge in [-0.1, -0.05) is 11.2 Å². The van der Waals surface area contributed by atoms with E-state index in [9.17, 15) is 0 Å². The van der Waals surface area contributed by atoms with Gasteiger partial charge in [-0.3, -0.25) is 0 Å². The van der Waals surface area contributed by atoms with Gasteiger partial charge in [-0.2, -0.15) is 4.98 Å². The molecule has 0 amide bonds. The van der Waals surface area contributed by atoms with E-state index in [4.69, 9.17) is 18.7 Å². The Balaban J connectivity index is 1.52. The highest BCUT2D eigenvalue weighted by atomic mass is 16.5. The summed E-state index contributed by atoms with van der Waals surface area (Å²) >= 11 is 0. The first kappa shape index (κ1) is 19.2.